The summed E-state index contributed by atoms with van der Waals surface area (Å²) in [5.41, 5.74) is 5.55. The van der Waals surface area contributed by atoms with Crippen molar-refractivity contribution in [3.63, 3.8) is 0 Å². The Morgan fingerprint density at radius 3 is 1.88 bits per heavy atom. The molecular formula is C29H36ClN5O7S. The highest BCUT2D eigenvalue weighted by Crippen LogP contribution is 2.21. The summed E-state index contributed by atoms with van der Waals surface area (Å²) < 4.78 is 27.0. The van der Waals surface area contributed by atoms with Crippen LogP contribution in [0.2, 0.25) is 5.02 Å². The quantitative estimate of drug-likeness (QED) is 0.291. The molecule has 1 aliphatic heterocycles. The van der Waals surface area contributed by atoms with Crippen LogP contribution >= 0.6 is 11.6 Å². The molecule has 3 atom stereocenters. The standard InChI is InChI=1S/C29H36ClN5O7S/c1-16(2)23(25(31)36)32-28(39)22-6-5-15-35(22)29(40)24(17(3)4)33-26(37)18-7-9-19(10-8-18)27(38)34-43(41,42)21-13-11-20(30)12-14-21/h7-14,16-17,22-24H,5-6,15H2,1-4H3,(H2,31,36)(H,32,39)(H,33,37)(H,34,38)/t22-,23?,24-/m0/s1. The van der Waals surface area contributed by atoms with Crippen LogP contribution in [-0.4, -0.2) is 67.5 Å². The van der Waals surface area contributed by atoms with Crippen LogP contribution in [0, 0.1) is 11.8 Å². The first-order valence-electron chi connectivity index (χ1n) is 13.8. The predicted molar refractivity (Wildman–Crippen MR) is 159 cm³/mol. The van der Waals surface area contributed by atoms with Crippen molar-refractivity contribution in [3.8, 4) is 0 Å². The van der Waals surface area contributed by atoms with E-state index in [9.17, 15) is 32.4 Å². The zero-order valence-electron chi connectivity index (χ0n) is 24.3. The van der Waals surface area contributed by atoms with Crippen molar-refractivity contribution < 1.29 is 32.4 Å². The molecule has 12 nitrogen and oxygen atoms in total. The lowest BCUT2D eigenvalue weighted by Crippen LogP contribution is -2.57. The number of halogens is 1. The highest BCUT2D eigenvalue weighted by molar-refractivity contribution is 7.90. The van der Waals surface area contributed by atoms with Crippen molar-refractivity contribution >= 4 is 51.2 Å². The van der Waals surface area contributed by atoms with Crippen LogP contribution in [0.5, 0.6) is 0 Å². The Kier molecular flexibility index (Phi) is 10.9. The molecule has 0 aromatic heterocycles. The van der Waals surface area contributed by atoms with Crippen molar-refractivity contribution in [2.45, 2.75) is 63.6 Å². The molecule has 3 rings (SSSR count). The second kappa shape index (κ2) is 14.0. The Hall–Kier alpha value is -3.97. The maximum absolute atomic E-state index is 13.6. The van der Waals surface area contributed by atoms with Gasteiger partial charge in [-0.25, -0.2) is 13.1 Å². The minimum Gasteiger partial charge on any atom is -0.368 e. The molecule has 14 heteroatoms. The summed E-state index contributed by atoms with van der Waals surface area (Å²) in [5, 5.41) is 5.70. The number of carbonyl (C=O) groups is 5. The van der Waals surface area contributed by atoms with Crippen molar-refractivity contribution in [1.82, 2.24) is 20.3 Å². The van der Waals surface area contributed by atoms with Crippen molar-refractivity contribution in [2.75, 3.05) is 6.54 Å². The summed E-state index contributed by atoms with van der Waals surface area (Å²) in [5.74, 6) is -3.65. The third-order valence-electron chi connectivity index (χ3n) is 7.09. The van der Waals surface area contributed by atoms with Gasteiger partial charge in [-0.3, -0.25) is 24.0 Å². The fraction of sp³-hybridized carbons (Fsp3) is 0.414. The highest BCUT2D eigenvalue weighted by atomic mass is 35.5. The molecule has 1 aliphatic rings. The van der Waals surface area contributed by atoms with Gasteiger partial charge in [0.2, 0.25) is 17.7 Å². The molecule has 2 aromatic carbocycles. The van der Waals surface area contributed by atoms with Gasteiger partial charge in [0.15, 0.2) is 0 Å². The van der Waals surface area contributed by atoms with Gasteiger partial charge in [-0.1, -0.05) is 39.3 Å². The monoisotopic (exact) mass is 633 g/mol. The molecule has 2 aromatic rings. The number of benzene rings is 2. The predicted octanol–water partition coefficient (Wildman–Crippen LogP) is 1.83. The summed E-state index contributed by atoms with van der Waals surface area (Å²) in [6.45, 7) is 7.32. The largest absolute Gasteiger partial charge is 0.368 e. The minimum atomic E-state index is -4.15. The molecule has 1 saturated heterocycles. The molecule has 0 aliphatic carbocycles. The molecule has 0 spiro atoms. The van der Waals surface area contributed by atoms with E-state index in [4.69, 9.17) is 17.3 Å². The van der Waals surface area contributed by atoms with Crippen LogP contribution < -0.4 is 21.1 Å². The number of hydrogen-bond acceptors (Lipinski definition) is 7. The molecule has 5 amide bonds. The SMILES string of the molecule is CC(C)C(NC(=O)[C@@H]1CCCN1C(=O)[C@@H](NC(=O)c1ccc(C(=O)NS(=O)(=O)c2ccc(Cl)cc2)cc1)C(C)C)C(N)=O. The van der Waals surface area contributed by atoms with Gasteiger partial charge in [0, 0.05) is 22.7 Å². The van der Waals surface area contributed by atoms with Gasteiger partial charge in [-0.2, -0.15) is 0 Å². The smallest absolute Gasteiger partial charge is 0.264 e. The molecule has 1 heterocycles. The van der Waals surface area contributed by atoms with Crippen LogP contribution in [0.1, 0.15) is 61.3 Å². The Labute approximate surface area is 255 Å². The zero-order chi connectivity index (χ0) is 32.1. The van der Waals surface area contributed by atoms with Crippen molar-refractivity contribution in [3.05, 3.63) is 64.7 Å². The van der Waals surface area contributed by atoms with E-state index in [0.717, 1.165) is 0 Å². The molecule has 232 valence electrons. The highest BCUT2D eigenvalue weighted by Gasteiger charge is 2.40. The van der Waals surface area contributed by atoms with E-state index in [1.54, 1.807) is 27.7 Å². The molecule has 43 heavy (non-hydrogen) atoms. The van der Waals surface area contributed by atoms with Crippen LogP contribution in [-0.2, 0) is 24.4 Å². The molecule has 0 radical (unpaired) electrons. The molecule has 1 fully saturated rings. The van der Waals surface area contributed by atoms with Gasteiger partial charge in [-0.15, -0.1) is 0 Å². The van der Waals surface area contributed by atoms with Gasteiger partial charge in [0.05, 0.1) is 4.90 Å². The maximum Gasteiger partial charge on any atom is 0.264 e. The van der Waals surface area contributed by atoms with Gasteiger partial charge in [0.25, 0.3) is 21.8 Å². The second-order valence-electron chi connectivity index (χ2n) is 11.0. The van der Waals surface area contributed by atoms with Crippen LogP contribution in [0.15, 0.2) is 53.4 Å². The molecular weight excluding hydrogens is 598 g/mol. The summed E-state index contributed by atoms with van der Waals surface area (Å²) in [7, 11) is -4.15. The number of primary amides is 1. The number of carbonyl (C=O) groups excluding carboxylic acids is 5. The van der Waals surface area contributed by atoms with Gasteiger partial charge >= 0.3 is 0 Å². The normalized spacial score (nSPS) is 16.4. The number of nitrogens with two attached hydrogens (primary N) is 1. The van der Waals surface area contributed by atoms with E-state index in [1.165, 1.54) is 53.4 Å². The Bertz CT molecular complexity index is 1480. The van der Waals surface area contributed by atoms with Crippen LogP contribution in [0.25, 0.3) is 0 Å². The lowest BCUT2D eigenvalue weighted by molar-refractivity contribution is -0.141. The number of nitrogens with zero attached hydrogens (tertiary/aromatic N) is 1. The first kappa shape index (κ1) is 33.5. The Morgan fingerprint density at radius 2 is 1.37 bits per heavy atom. The number of hydrogen-bond donors (Lipinski definition) is 4. The molecule has 5 N–H and O–H groups in total. The average Bonchev–Trinajstić information content (AvgIpc) is 3.44. The summed E-state index contributed by atoms with van der Waals surface area (Å²) >= 11 is 5.79. The van der Waals surface area contributed by atoms with Crippen molar-refractivity contribution in [2.24, 2.45) is 17.6 Å². The fourth-order valence-corrected chi connectivity index (χ4v) is 5.76. The molecule has 1 unspecified atom stereocenters. The van der Waals surface area contributed by atoms with Crippen molar-refractivity contribution in [1.29, 1.82) is 0 Å². The van der Waals surface area contributed by atoms with E-state index < -0.39 is 57.7 Å². The van der Waals surface area contributed by atoms with E-state index in [2.05, 4.69) is 10.6 Å². The second-order valence-corrected chi connectivity index (χ2v) is 13.1. The lowest BCUT2D eigenvalue weighted by Gasteiger charge is -2.31. The van der Waals surface area contributed by atoms with E-state index in [1.807, 2.05) is 4.72 Å². The summed E-state index contributed by atoms with van der Waals surface area (Å²) in [6, 6.07) is 7.88. The van der Waals surface area contributed by atoms with E-state index in [-0.39, 0.29) is 27.9 Å². The first-order chi connectivity index (χ1) is 20.1. The summed E-state index contributed by atoms with van der Waals surface area (Å²) in [6.07, 6.45) is 0.972. The number of nitrogens with one attached hydrogen (secondary N) is 3. The topological polar surface area (TPSA) is 185 Å². The maximum atomic E-state index is 13.6. The molecule has 0 saturated carbocycles. The number of sulfonamides is 1. The van der Waals surface area contributed by atoms with E-state index in [0.29, 0.717) is 24.4 Å². The number of rotatable bonds is 11. The first-order valence-corrected chi connectivity index (χ1v) is 15.6. The number of amides is 5. The zero-order valence-corrected chi connectivity index (χ0v) is 25.9. The van der Waals surface area contributed by atoms with Crippen LogP contribution in [0.3, 0.4) is 0 Å². The van der Waals surface area contributed by atoms with Gasteiger partial charge in [0.1, 0.15) is 18.1 Å². The lowest BCUT2D eigenvalue weighted by atomic mass is 10.0. The summed E-state index contributed by atoms with van der Waals surface area (Å²) in [4.78, 5) is 65.3. The minimum absolute atomic E-state index is 0.00726. The van der Waals surface area contributed by atoms with Crippen LogP contribution in [0.4, 0.5) is 0 Å². The Morgan fingerprint density at radius 1 is 0.837 bits per heavy atom. The third-order valence-corrected chi connectivity index (χ3v) is 8.69. The van der Waals surface area contributed by atoms with E-state index >= 15 is 0 Å². The fourth-order valence-electron chi connectivity index (χ4n) is 4.66. The van der Waals surface area contributed by atoms with Gasteiger partial charge in [-0.05, 0) is 73.2 Å². The molecule has 0 bridgehead atoms. The average molecular weight is 634 g/mol. The number of likely N-dealkylation sites (tertiary alicyclic amines) is 1. The third kappa shape index (κ3) is 8.32. The Balaban J connectivity index is 1.69. The van der Waals surface area contributed by atoms with Gasteiger partial charge < -0.3 is 21.3 Å².